The van der Waals surface area contributed by atoms with Gasteiger partial charge < -0.3 is 15.0 Å². The van der Waals surface area contributed by atoms with E-state index in [0.717, 1.165) is 0 Å². The fourth-order valence-corrected chi connectivity index (χ4v) is 2.58. The number of fused-ring (bicyclic) bond motifs is 1. The SMILES string of the molecule is CC(C)N(CCC(=O)O)C(=O)Cc1c[nH]c2ccc([N+](=O)[O-])cc12. The average Bonchev–Trinajstić information content (AvgIpc) is 2.89. The first-order chi connectivity index (χ1) is 11.3. The first kappa shape index (κ1) is 17.5. The van der Waals surface area contributed by atoms with Crippen molar-refractivity contribution in [1.82, 2.24) is 9.88 Å². The highest BCUT2D eigenvalue weighted by Crippen LogP contribution is 2.24. The molecule has 0 spiro atoms. The molecule has 1 aromatic carbocycles. The zero-order chi connectivity index (χ0) is 17.9. The molecule has 128 valence electrons. The van der Waals surface area contributed by atoms with Crippen molar-refractivity contribution in [1.29, 1.82) is 0 Å². The summed E-state index contributed by atoms with van der Waals surface area (Å²) in [6.45, 7) is 3.77. The average molecular weight is 333 g/mol. The number of amides is 1. The smallest absolute Gasteiger partial charge is 0.305 e. The number of H-pyrrole nitrogens is 1. The summed E-state index contributed by atoms with van der Waals surface area (Å²) in [7, 11) is 0. The number of hydrogen-bond acceptors (Lipinski definition) is 4. The number of hydrogen-bond donors (Lipinski definition) is 2. The number of carbonyl (C=O) groups is 2. The first-order valence-electron chi connectivity index (χ1n) is 7.55. The Morgan fingerprint density at radius 2 is 2.08 bits per heavy atom. The Hall–Kier alpha value is -2.90. The van der Waals surface area contributed by atoms with E-state index in [1.54, 1.807) is 12.3 Å². The number of benzene rings is 1. The van der Waals surface area contributed by atoms with Gasteiger partial charge >= 0.3 is 5.97 Å². The second-order valence-electron chi connectivity index (χ2n) is 5.80. The minimum Gasteiger partial charge on any atom is -0.481 e. The molecule has 1 aromatic heterocycles. The van der Waals surface area contributed by atoms with Crippen LogP contribution in [0.5, 0.6) is 0 Å². The number of aromatic amines is 1. The van der Waals surface area contributed by atoms with Gasteiger partial charge in [0.25, 0.3) is 5.69 Å². The van der Waals surface area contributed by atoms with Crippen molar-refractivity contribution in [3.63, 3.8) is 0 Å². The van der Waals surface area contributed by atoms with E-state index in [1.807, 2.05) is 13.8 Å². The maximum Gasteiger partial charge on any atom is 0.305 e. The molecule has 0 aliphatic heterocycles. The van der Waals surface area contributed by atoms with Gasteiger partial charge in [0.15, 0.2) is 0 Å². The van der Waals surface area contributed by atoms with Gasteiger partial charge in [-0.15, -0.1) is 0 Å². The van der Waals surface area contributed by atoms with Gasteiger partial charge in [0, 0.05) is 41.8 Å². The van der Waals surface area contributed by atoms with Crippen molar-refractivity contribution in [2.75, 3.05) is 6.54 Å². The summed E-state index contributed by atoms with van der Waals surface area (Å²) in [5.41, 5.74) is 1.33. The van der Waals surface area contributed by atoms with Crippen LogP contribution in [0.15, 0.2) is 24.4 Å². The number of nitro benzene ring substituents is 1. The Labute approximate surface area is 138 Å². The van der Waals surface area contributed by atoms with E-state index >= 15 is 0 Å². The maximum atomic E-state index is 12.5. The summed E-state index contributed by atoms with van der Waals surface area (Å²) >= 11 is 0. The van der Waals surface area contributed by atoms with E-state index in [9.17, 15) is 19.7 Å². The van der Waals surface area contributed by atoms with Crippen molar-refractivity contribution >= 4 is 28.5 Å². The van der Waals surface area contributed by atoms with Crippen molar-refractivity contribution in [2.45, 2.75) is 32.7 Å². The third-order valence-electron chi connectivity index (χ3n) is 3.81. The Morgan fingerprint density at radius 1 is 1.38 bits per heavy atom. The quantitative estimate of drug-likeness (QED) is 0.596. The van der Waals surface area contributed by atoms with Crippen molar-refractivity contribution in [3.8, 4) is 0 Å². The molecule has 0 saturated heterocycles. The molecule has 1 amide bonds. The highest BCUT2D eigenvalue weighted by Gasteiger charge is 2.20. The summed E-state index contributed by atoms with van der Waals surface area (Å²) < 4.78 is 0. The van der Waals surface area contributed by atoms with Gasteiger partial charge in [-0.2, -0.15) is 0 Å². The molecule has 0 atom stereocenters. The molecule has 1 heterocycles. The lowest BCUT2D eigenvalue weighted by atomic mass is 10.1. The monoisotopic (exact) mass is 333 g/mol. The molecular weight excluding hydrogens is 314 g/mol. The van der Waals surface area contributed by atoms with Gasteiger partial charge in [0.2, 0.25) is 5.91 Å². The number of aliphatic carboxylic acids is 1. The second-order valence-corrected chi connectivity index (χ2v) is 5.80. The van der Waals surface area contributed by atoms with Gasteiger partial charge in [-0.25, -0.2) is 0 Å². The molecule has 2 aromatic rings. The third kappa shape index (κ3) is 3.89. The number of carboxylic acid groups (broad SMARTS) is 1. The number of nitrogens with zero attached hydrogens (tertiary/aromatic N) is 2. The highest BCUT2D eigenvalue weighted by atomic mass is 16.6. The predicted octanol–water partition coefficient (Wildman–Crippen LogP) is 2.33. The Balaban J connectivity index is 2.23. The zero-order valence-electron chi connectivity index (χ0n) is 13.5. The van der Waals surface area contributed by atoms with E-state index in [1.165, 1.54) is 17.0 Å². The van der Waals surface area contributed by atoms with Crippen LogP contribution in [-0.2, 0) is 16.0 Å². The molecule has 24 heavy (non-hydrogen) atoms. The fourth-order valence-electron chi connectivity index (χ4n) is 2.58. The second kappa shape index (κ2) is 7.12. The number of rotatable bonds is 7. The van der Waals surface area contributed by atoms with Crippen LogP contribution in [0.25, 0.3) is 10.9 Å². The number of carboxylic acids is 1. The summed E-state index contributed by atoms with van der Waals surface area (Å²) in [4.78, 5) is 38.2. The van der Waals surface area contributed by atoms with Crippen LogP contribution in [0.1, 0.15) is 25.8 Å². The number of nitro groups is 1. The van der Waals surface area contributed by atoms with E-state index in [-0.39, 0.29) is 37.0 Å². The molecule has 2 N–H and O–H groups in total. The summed E-state index contributed by atoms with van der Waals surface area (Å²) in [6, 6.07) is 4.31. The van der Waals surface area contributed by atoms with Gasteiger partial charge in [0.05, 0.1) is 17.8 Å². The van der Waals surface area contributed by atoms with Crippen molar-refractivity contribution < 1.29 is 19.6 Å². The Morgan fingerprint density at radius 3 is 2.67 bits per heavy atom. The number of aromatic nitrogens is 1. The fraction of sp³-hybridized carbons (Fsp3) is 0.375. The zero-order valence-corrected chi connectivity index (χ0v) is 13.5. The van der Waals surface area contributed by atoms with Crippen LogP contribution in [0.2, 0.25) is 0 Å². The molecular formula is C16H19N3O5. The molecule has 0 aliphatic carbocycles. The highest BCUT2D eigenvalue weighted by molar-refractivity contribution is 5.90. The first-order valence-corrected chi connectivity index (χ1v) is 7.55. The topological polar surface area (TPSA) is 117 Å². The normalized spacial score (nSPS) is 11.0. The predicted molar refractivity (Wildman–Crippen MR) is 87.8 cm³/mol. The van der Waals surface area contributed by atoms with Gasteiger partial charge in [-0.1, -0.05) is 0 Å². The lowest BCUT2D eigenvalue weighted by Gasteiger charge is -2.26. The lowest BCUT2D eigenvalue weighted by Crippen LogP contribution is -2.39. The van der Waals surface area contributed by atoms with Crippen LogP contribution in [0.4, 0.5) is 5.69 Å². The largest absolute Gasteiger partial charge is 0.481 e. The maximum absolute atomic E-state index is 12.5. The van der Waals surface area contributed by atoms with E-state index in [4.69, 9.17) is 5.11 Å². The number of carbonyl (C=O) groups excluding carboxylic acids is 1. The molecule has 8 nitrogen and oxygen atoms in total. The molecule has 0 fully saturated rings. The molecule has 0 unspecified atom stereocenters. The van der Waals surface area contributed by atoms with E-state index in [0.29, 0.717) is 16.5 Å². The summed E-state index contributed by atoms with van der Waals surface area (Å²) in [5.74, 6) is -1.17. The Bertz CT molecular complexity index is 781. The van der Waals surface area contributed by atoms with Crippen molar-refractivity contribution in [3.05, 3.63) is 40.1 Å². The van der Waals surface area contributed by atoms with Crippen LogP contribution in [0, 0.1) is 10.1 Å². The van der Waals surface area contributed by atoms with E-state index < -0.39 is 10.9 Å². The number of non-ortho nitro benzene ring substituents is 1. The standard InChI is InChI=1S/C16H19N3O5/c1-10(2)18(6-5-16(21)22)15(20)7-11-9-17-14-4-3-12(19(23)24)8-13(11)14/h3-4,8-10,17H,5-7H2,1-2H3,(H,21,22). The third-order valence-corrected chi connectivity index (χ3v) is 3.81. The van der Waals surface area contributed by atoms with E-state index in [2.05, 4.69) is 4.98 Å². The molecule has 0 bridgehead atoms. The number of nitrogens with one attached hydrogen (secondary N) is 1. The minimum absolute atomic E-state index is 0.0395. The minimum atomic E-state index is -0.962. The van der Waals surface area contributed by atoms with Crippen molar-refractivity contribution in [2.24, 2.45) is 0 Å². The molecule has 2 rings (SSSR count). The van der Waals surface area contributed by atoms with Crippen LogP contribution < -0.4 is 0 Å². The molecule has 0 saturated carbocycles. The van der Waals surface area contributed by atoms with Crippen LogP contribution >= 0.6 is 0 Å². The summed E-state index contributed by atoms with van der Waals surface area (Å²) in [6.07, 6.45) is 1.59. The van der Waals surface area contributed by atoms with Crippen LogP contribution in [-0.4, -0.2) is 44.4 Å². The Kier molecular flexibility index (Phi) is 5.18. The summed E-state index contributed by atoms with van der Waals surface area (Å²) in [5, 5.41) is 20.3. The molecule has 0 radical (unpaired) electrons. The molecule has 0 aliphatic rings. The van der Waals surface area contributed by atoms with Gasteiger partial charge in [-0.05, 0) is 25.5 Å². The van der Waals surface area contributed by atoms with Crippen LogP contribution in [0.3, 0.4) is 0 Å². The van der Waals surface area contributed by atoms with Gasteiger partial charge in [-0.3, -0.25) is 19.7 Å². The lowest BCUT2D eigenvalue weighted by molar-refractivity contribution is -0.384. The van der Waals surface area contributed by atoms with Gasteiger partial charge in [0.1, 0.15) is 0 Å². The molecule has 8 heteroatoms.